The summed E-state index contributed by atoms with van der Waals surface area (Å²) in [5.41, 5.74) is 3.67. The smallest absolute Gasteiger partial charge is 0.308 e. The predicted octanol–water partition coefficient (Wildman–Crippen LogP) is 3.73. The number of hydrogen-bond acceptors (Lipinski definition) is 3. The third-order valence-electron chi connectivity index (χ3n) is 3.77. The SMILES string of the molecule is CCOC(=O)C[C@@H](NC(=O)c1ccc(C)cc1)c1ccc(C)cc1. The first kappa shape index (κ1) is 17.7. The molecule has 0 heterocycles. The van der Waals surface area contributed by atoms with Gasteiger partial charge in [0.05, 0.1) is 19.1 Å². The minimum Gasteiger partial charge on any atom is -0.466 e. The highest BCUT2D eigenvalue weighted by molar-refractivity contribution is 5.94. The Bertz CT molecular complexity index is 690. The maximum atomic E-state index is 12.5. The number of rotatable bonds is 6. The molecular formula is C20H23NO3. The van der Waals surface area contributed by atoms with E-state index in [-0.39, 0.29) is 18.3 Å². The predicted molar refractivity (Wildman–Crippen MR) is 93.8 cm³/mol. The molecule has 0 aliphatic heterocycles. The van der Waals surface area contributed by atoms with E-state index in [0.29, 0.717) is 12.2 Å². The zero-order valence-electron chi connectivity index (χ0n) is 14.3. The van der Waals surface area contributed by atoms with E-state index in [1.54, 1.807) is 19.1 Å². The van der Waals surface area contributed by atoms with Crippen LogP contribution in [0.5, 0.6) is 0 Å². The van der Waals surface area contributed by atoms with Crippen molar-refractivity contribution in [2.75, 3.05) is 6.61 Å². The number of hydrogen-bond donors (Lipinski definition) is 1. The van der Waals surface area contributed by atoms with Gasteiger partial charge in [-0.15, -0.1) is 0 Å². The number of aryl methyl sites for hydroxylation is 2. The van der Waals surface area contributed by atoms with Crippen LogP contribution in [0.15, 0.2) is 48.5 Å². The Hall–Kier alpha value is -2.62. The summed E-state index contributed by atoms with van der Waals surface area (Å²) in [6.07, 6.45) is 0.106. The lowest BCUT2D eigenvalue weighted by molar-refractivity contribution is -0.143. The highest BCUT2D eigenvalue weighted by Gasteiger charge is 2.20. The summed E-state index contributed by atoms with van der Waals surface area (Å²) in [7, 11) is 0. The molecule has 1 amide bonds. The van der Waals surface area contributed by atoms with Gasteiger partial charge < -0.3 is 10.1 Å². The second kappa shape index (κ2) is 8.29. The van der Waals surface area contributed by atoms with Gasteiger partial charge in [-0.25, -0.2) is 0 Å². The number of nitrogens with one attached hydrogen (secondary N) is 1. The van der Waals surface area contributed by atoms with Crippen molar-refractivity contribution in [2.24, 2.45) is 0 Å². The second-order valence-corrected chi connectivity index (χ2v) is 5.81. The van der Waals surface area contributed by atoms with Gasteiger partial charge in [0.1, 0.15) is 0 Å². The van der Waals surface area contributed by atoms with Crippen LogP contribution in [0.1, 0.15) is 46.4 Å². The lowest BCUT2D eigenvalue weighted by Gasteiger charge is -2.19. The normalized spacial score (nSPS) is 11.6. The Kier molecular flexibility index (Phi) is 6.13. The molecule has 0 unspecified atom stereocenters. The molecule has 2 rings (SSSR count). The molecule has 0 bridgehead atoms. The van der Waals surface area contributed by atoms with E-state index in [1.807, 2.05) is 50.2 Å². The van der Waals surface area contributed by atoms with Crippen LogP contribution in [0.2, 0.25) is 0 Å². The minimum absolute atomic E-state index is 0.106. The summed E-state index contributed by atoms with van der Waals surface area (Å²) in [5.74, 6) is -0.530. The molecular weight excluding hydrogens is 302 g/mol. The van der Waals surface area contributed by atoms with Gasteiger partial charge >= 0.3 is 5.97 Å². The number of carbonyl (C=O) groups is 2. The number of esters is 1. The summed E-state index contributed by atoms with van der Waals surface area (Å²) in [5, 5.41) is 2.94. The quantitative estimate of drug-likeness (QED) is 0.823. The molecule has 0 fully saturated rings. The number of amides is 1. The van der Waals surface area contributed by atoms with Gasteiger partial charge in [0.15, 0.2) is 0 Å². The van der Waals surface area contributed by atoms with Crippen molar-refractivity contribution in [2.45, 2.75) is 33.2 Å². The summed E-state index contributed by atoms with van der Waals surface area (Å²) in [4.78, 5) is 24.4. The highest BCUT2D eigenvalue weighted by Crippen LogP contribution is 2.19. The van der Waals surface area contributed by atoms with Crippen LogP contribution in [0.25, 0.3) is 0 Å². The molecule has 4 nitrogen and oxygen atoms in total. The third-order valence-corrected chi connectivity index (χ3v) is 3.77. The molecule has 0 aliphatic rings. The molecule has 0 aliphatic carbocycles. The largest absolute Gasteiger partial charge is 0.466 e. The molecule has 0 aromatic heterocycles. The first-order valence-corrected chi connectivity index (χ1v) is 8.09. The van der Waals surface area contributed by atoms with Crippen LogP contribution in [0.4, 0.5) is 0 Å². The molecule has 2 aromatic rings. The van der Waals surface area contributed by atoms with Crippen molar-refractivity contribution in [3.63, 3.8) is 0 Å². The first-order chi connectivity index (χ1) is 11.5. The zero-order chi connectivity index (χ0) is 17.5. The second-order valence-electron chi connectivity index (χ2n) is 5.81. The summed E-state index contributed by atoms with van der Waals surface area (Å²) < 4.78 is 5.03. The third kappa shape index (κ3) is 4.95. The van der Waals surface area contributed by atoms with Gasteiger partial charge in [-0.3, -0.25) is 9.59 Å². The standard InChI is InChI=1S/C20H23NO3/c1-4-24-19(22)13-18(16-9-5-14(2)6-10-16)21-20(23)17-11-7-15(3)8-12-17/h5-12,18H,4,13H2,1-3H3,(H,21,23)/t18-/m1/s1. The average Bonchev–Trinajstić information content (AvgIpc) is 2.55. The Labute approximate surface area is 142 Å². The zero-order valence-corrected chi connectivity index (χ0v) is 14.3. The fourth-order valence-electron chi connectivity index (χ4n) is 2.38. The van der Waals surface area contributed by atoms with E-state index in [2.05, 4.69) is 5.32 Å². The van der Waals surface area contributed by atoms with Gasteiger partial charge in [0.2, 0.25) is 0 Å². The molecule has 2 aromatic carbocycles. The van der Waals surface area contributed by atoms with Crippen LogP contribution in [0.3, 0.4) is 0 Å². The van der Waals surface area contributed by atoms with Crippen molar-refractivity contribution >= 4 is 11.9 Å². The van der Waals surface area contributed by atoms with Gasteiger partial charge in [0, 0.05) is 5.56 Å². The van der Waals surface area contributed by atoms with E-state index >= 15 is 0 Å². The fourth-order valence-corrected chi connectivity index (χ4v) is 2.38. The number of carbonyl (C=O) groups excluding carboxylic acids is 2. The summed E-state index contributed by atoms with van der Waals surface area (Å²) >= 11 is 0. The van der Waals surface area contributed by atoms with Gasteiger partial charge in [0.25, 0.3) is 5.91 Å². The van der Waals surface area contributed by atoms with Crippen molar-refractivity contribution < 1.29 is 14.3 Å². The Morgan fingerprint density at radius 1 is 0.958 bits per heavy atom. The average molecular weight is 325 g/mol. The topological polar surface area (TPSA) is 55.4 Å². The van der Waals surface area contributed by atoms with Crippen LogP contribution < -0.4 is 5.32 Å². The molecule has 0 saturated heterocycles. The van der Waals surface area contributed by atoms with Crippen molar-refractivity contribution in [3.05, 3.63) is 70.8 Å². The monoisotopic (exact) mass is 325 g/mol. The Balaban J connectivity index is 2.18. The summed E-state index contributed by atoms with van der Waals surface area (Å²) in [6, 6.07) is 14.7. The van der Waals surface area contributed by atoms with Crippen LogP contribution in [0, 0.1) is 13.8 Å². The molecule has 1 N–H and O–H groups in total. The first-order valence-electron chi connectivity index (χ1n) is 8.09. The number of ether oxygens (including phenoxy) is 1. The Morgan fingerprint density at radius 2 is 1.50 bits per heavy atom. The van der Waals surface area contributed by atoms with E-state index in [9.17, 15) is 9.59 Å². The maximum Gasteiger partial charge on any atom is 0.308 e. The lowest BCUT2D eigenvalue weighted by atomic mass is 10.0. The van der Waals surface area contributed by atoms with Crippen molar-refractivity contribution in [1.82, 2.24) is 5.32 Å². The van der Waals surface area contributed by atoms with E-state index < -0.39 is 6.04 Å². The van der Waals surface area contributed by atoms with Gasteiger partial charge in [-0.1, -0.05) is 47.5 Å². The molecule has 4 heteroatoms. The molecule has 1 atom stereocenters. The highest BCUT2D eigenvalue weighted by atomic mass is 16.5. The molecule has 24 heavy (non-hydrogen) atoms. The molecule has 0 radical (unpaired) electrons. The van der Waals surface area contributed by atoms with E-state index in [1.165, 1.54) is 0 Å². The molecule has 126 valence electrons. The number of benzene rings is 2. The van der Waals surface area contributed by atoms with Crippen LogP contribution >= 0.6 is 0 Å². The van der Waals surface area contributed by atoms with Crippen LogP contribution in [-0.2, 0) is 9.53 Å². The maximum absolute atomic E-state index is 12.5. The lowest BCUT2D eigenvalue weighted by Crippen LogP contribution is -2.30. The van der Waals surface area contributed by atoms with Crippen molar-refractivity contribution in [3.8, 4) is 0 Å². The van der Waals surface area contributed by atoms with Gasteiger partial charge in [-0.05, 0) is 38.5 Å². The molecule has 0 saturated carbocycles. The molecule has 0 spiro atoms. The van der Waals surface area contributed by atoms with E-state index in [0.717, 1.165) is 16.7 Å². The minimum atomic E-state index is -0.418. The summed E-state index contributed by atoms with van der Waals surface area (Å²) in [6.45, 7) is 6.06. The van der Waals surface area contributed by atoms with E-state index in [4.69, 9.17) is 4.74 Å². The Morgan fingerprint density at radius 3 is 2.04 bits per heavy atom. The van der Waals surface area contributed by atoms with Crippen molar-refractivity contribution in [1.29, 1.82) is 0 Å². The van der Waals surface area contributed by atoms with Crippen LogP contribution in [-0.4, -0.2) is 18.5 Å². The fraction of sp³-hybridized carbons (Fsp3) is 0.300. The van der Waals surface area contributed by atoms with Gasteiger partial charge in [-0.2, -0.15) is 0 Å².